The van der Waals surface area contributed by atoms with Crippen LogP contribution in [0.2, 0.25) is 0 Å². The molecular weight excluding hydrogens is 156 g/mol. The van der Waals surface area contributed by atoms with Gasteiger partial charge in [-0.2, -0.15) is 0 Å². The average Bonchev–Trinajstić information content (AvgIpc) is 2.86. The molecule has 1 rings (SSSR count). The Kier molecular flexibility index (Phi) is 3.82. The van der Waals surface area contributed by atoms with Crippen LogP contribution in [0.1, 0.15) is 53.9 Å². The van der Waals surface area contributed by atoms with Crippen LogP contribution in [0.15, 0.2) is 0 Å². The molecule has 1 aliphatic carbocycles. The maximum atomic E-state index is 2.47. The summed E-state index contributed by atoms with van der Waals surface area (Å²) in [6.45, 7) is 12.0. The zero-order valence-corrected chi connectivity index (χ0v) is 10.0. The zero-order valence-electron chi connectivity index (χ0n) is 10.0. The van der Waals surface area contributed by atoms with Crippen LogP contribution >= 0.6 is 0 Å². The monoisotopic (exact) mass is 182 g/mol. The van der Waals surface area contributed by atoms with Crippen molar-refractivity contribution >= 4 is 0 Å². The third-order valence-corrected chi connectivity index (χ3v) is 4.08. The van der Waals surface area contributed by atoms with E-state index in [0.717, 1.165) is 29.6 Å². The Morgan fingerprint density at radius 1 is 1.08 bits per heavy atom. The molecule has 0 N–H and O–H groups in total. The smallest absolute Gasteiger partial charge is 0.0334 e. The first-order valence-electron chi connectivity index (χ1n) is 6.07. The van der Waals surface area contributed by atoms with Gasteiger partial charge in [-0.15, -0.1) is 0 Å². The second kappa shape index (κ2) is 4.48. The molecule has 0 radical (unpaired) electrons. The van der Waals surface area contributed by atoms with Crippen LogP contribution in [0, 0.1) is 29.6 Å². The summed E-state index contributed by atoms with van der Waals surface area (Å²) in [6, 6.07) is 0. The van der Waals surface area contributed by atoms with Gasteiger partial charge in [0, 0.05) is 0 Å². The molecule has 78 valence electrons. The molecule has 3 atom stereocenters. The van der Waals surface area contributed by atoms with Gasteiger partial charge in [-0.05, 0) is 42.4 Å². The SMILES string of the molecule is CCC(C)C(C)C(C(C)C)C1CC1. The van der Waals surface area contributed by atoms with Crippen molar-refractivity contribution in [3.05, 3.63) is 0 Å². The van der Waals surface area contributed by atoms with Crippen LogP contribution < -0.4 is 0 Å². The van der Waals surface area contributed by atoms with Crippen molar-refractivity contribution < 1.29 is 0 Å². The molecule has 0 aromatic rings. The van der Waals surface area contributed by atoms with Crippen molar-refractivity contribution in [2.24, 2.45) is 29.6 Å². The van der Waals surface area contributed by atoms with Crippen molar-refractivity contribution in [1.82, 2.24) is 0 Å². The van der Waals surface area contributed by atoms with Gasteiger partial charge in [0.25, 0.3) is 0 Å². The van der Waals surface area contributed by atoms with Gasteiger partial charge in [0.2, 0.25) is 0 Å². The first-order chi connectivity index (χ1) is 6.07. The number of rotatable bonds is 5. The average molecular weight is 182 g/mol. The van der Waals surface area contributed by atoms with E-state index >= 15 is 0 Å². The van der Waals surface area contributed by atoms with Crippen molar-refractivity contribution in [2.45, 2.75) is 53.9 Å². The molecule has 0 aromatic heterocycles. The summed E-state index contributed by atoms with van der Waals surface area (Å²) >= 11 is 0. The molecule has 0 bridgehead atoms. The molecular formula is C13H26. The highest BCUT2D eigenvalue weighted by molar-refractivity contribution is 4.87. The summed E-state index contributed by atoms with van der Waals surface area (Å²) in [7, 11) is 0. The van der Waals surface area contributed by atoms with Gasteiger partial charge < -0.3 is 0 Å². The van der Waals surface area contributed by atoms with Crippen LogP contribution in [0.5, 0.6) is 0 Å². The summed E-state index contributed by atoms with van der Waals surface area (Å²) in [5.41, 5.74) is 0. The predicted octanol–water partition coefficient (Wildman–Crippen LogP) is 4.35. The molecule has 0 amide bonds. The first-order valence-corrected chi connectivity index (χ1v) is 6.07. The largest absolute Gasteiger partial charge is 0.0651 e. The molecule has 0 heterocycles. The Hall–Kier alpha value is 0. The van der Waals surface area contributed by atoms with Gasteiger partial charge in [-0.25, -0.2) is 0 Å². The van der Waals surface area contributed by atoms with E-state index in [1.54, 1.807) is 0 Å². The van der Waals surface area contributed by atoms with Gasteiger partial charge in [0.1, 0.15) is 0 Å². The van der Waals surface area contributed by atoms with Gasteiger partial charge in [-0.3, -0.25) is 0 Å². The van der Waals surface area contributed by atoms with E-state index in [4.69, 9.17) is 0 Å². The molecule has 1 aliphatic rings. The number of hydrogen-bond donors (Lipinski definition) is 0. The highest BCUT2D eigenvalue weighted by atomic mass is 14.4. The molecule has 0 nitrogen and oxygen atoms in total. The van der Waals surface area contributed by atoms with Crippen LogP contribution in [0.4, 0.5) is 0 Å². The lowest BCUT2D eigenvalue weighted by Crippen LogP contribution is -2.25. The van der Waals surface area contributed by atoms with E-state index in [9.17, 15) is 0 Å². The van der Waals surface area contributed by atoms with E-state index < -0.39 is 0 Å². The molecule has 3 unspecified atom stereocenters. The van der Waals surface area contributed by atoms with Crippen LogP contribution in [-0.4, -0.2) is 0 Å². The Labute approximate surface area is 84.1 Å². The molecule has 0 aromatic carbocycles. The maximum Gasteiger partial charge on any atom is -0.0334 e. The molecule has 1 fully saturated rings. The summed E-state index contributed by atoms with van der Waals surface area (Å²) in [6.07, 6.45) is 4.35. The summed E-state index contributed by atoms with van der Waals surface area (Å²) in [5.74, 6) is 4.79. The lowest BCUT2D eigenvalue weighted by atomic mass is 9.74. The molecule has 13 heavy (non-hydrogen) atoms. The van der Waals surface area contributed by atoms with E-state index in [1.807, 2.05) is 0 Å². The highest BCUT2D eigenvalue weighted by Gasteiger charge is 2.37. The molecule has 1 saturated carbocycles. The van der Waals surface area contributed by atoms with Gasteiger partial charge in [0.15, 0.2) is 0 Å². The second-order valence-electron chi connectivity index (χ2n) is 5.40. The highest BCUT2D eigenvalue weighted by Crippen LogP contribution is 2.46. The van der Waals surface area contributed by atoms with E-state index in [1.165, 1.54) is 19.3 Å². The van der Waals surface area contributed by atoms with E-state index in [0.29, 0.717) is 0 Å². The van der Waals surface area contributed by atoms with E-state index in [-0.39, 0.29) is 0 Å². The van der Waals surface area contributed by atoms with Crippen molar-refractivity contribution in [1.29, 1.82) is 0 Å². The van der Waals surface area contributed by atoms with Crippen molar-refractivity contribution in [3.8, 4) is 0 Å². The Morgan fingerprint density at radius 3 is 1.92 bits per heavy atom. The van der Waals surface area contributed by atoms with Gasteiger partial charge >= 0.3 is 0 Å². The normalized spacial score (nSPS) is 24.5. The lowest BCUT2D eigenvalue weighted by Gasteiger charge is -2.31. The minimum Gasteiger partial charge on any atom is -0.0651 e. The van der Waals surface area contributed by atoms with Crippen LogP contribution in [0.3, 0.4) is 0 Å². The van der Waals surface area contributed by atoms with Crippen molar-refractivity contribution in [2.75, 3.05) is 0 Å². The molecule has 0 spiro atoms. The van der Waals surface area contributed by atoms with Crippen molar-refractivity contribution in [3.63, 3.8) is 0 Å². The fourth-order valence-electron chi connectivity index (χ4n) is 2.81. The third kappa shape index (κ3) is 2.72. The fourth-order valence-corrected chi connectivity index (χ4v) is 2.81. The number of hydrogen-bond acceptors (Lipinski definition) is 0. The Morgan fingerprint density at radius 2 is 1.62 bits per heavy atom. The first kappa shape index (κ1) is 11.1. The fraction of sp³-hybridized carbons (Fsp3) is 1.00. The summed E-state index contributed by atoms with van der Waals surface area (Å²) in [4.78, 5) is 0. The standard InChI is InChI=1S/C13H26/c1-6-10(4)11(5)13(9(2)3)12-7-8-12/h9-13H,6-8H2,1-5H3. The molecule has 0 saturated heterocycles. The van der Waals surface area contributed by atoms with Gasteiger partial charge in [0.05, 0.1) is 0 Å². The lowest BCUT2D eigenvalue weighted by molar-refractivity contribution is 0.175. The summed E-state index contributed by atoms with van der Waals surface area (Å²) < 4.78 is 0. The minimum absolute atomic E-state index is 0.886. The topological polar surface area (TPSA) is 0 Å². The Balaban J connectivity index is 2.52. The minimum atomic E-state index is 0.886. The quantitative estimate of drug-likeness (QED) is 0.593. The summed E-state index contributed by atoms with van der Waals surface area (Å²) in [5, 5.41) is 0. The third-order valence-electron chi connectivity index (χ3n) is 4.08. The van der Waals surface area contributed by atoms with Gasteiger partial charge in [-0.1, -0.05) is 41.0 Å². The second-order valence-corrected chi connectivity index (χ2v) is 5.40. The Bertz CT molecular complexity index is 142. The van der Waals surface area contributed by atoms with Crippen LogP contribution in [0.25, 0.3) is 0 Å². The van der Waals surface area contributed by atoms with E-state index in [2.05, 4.69) is 34.6 Å². The molecule has 0 aliphatic heterocycles. The molecule has 0 heteroatoms. The maximum absolute atomic E-state index is 2.47. The van der Waals surface area contributed by atoms with Crippen LogP contribution in [-0.2, 0) is 0 Å². The predicted molar refractivity (Wildman–Crippen MR) is 59.7 cm³/mol. The zero-order chi connectivity index (χ0) is 10.0.